The maximum atomic E-state index is 12.5. The fourth-order valence-corrected chi connectivity index (χ4v) is 4.19. The third-order valence-electron chi connectivity index (χ3n) is 5.91. The van der Waals surface area contributed by atoms with E-state index in [4.69, 9.17) is 0 Å². The van der Waals surface area contributed by atoms with Gasteiger partial charge in [-0.2, -0.15) is 0 Å². The number of nitrogens with one attached hydrogen (secondary N) is 1. The van der Waals surface area contributed by atoms with Crippen LogP contribution in [0.3, 0.4) is 0 Å². The molecule has 0 saturated carbocycles. The molecular formula is C28H36N4O2. The van der Waals surface area contributed by atoms with Crippen LogP contribution in [0.4, 0.5) is 22.7 Å². The summed E-state index contributed by atoms with van der Waals surface area (Å²) in [6.45, 7) is 14.8. The molecule has 2 aromatic rings. The third-order valence-corrected chi connectivity index (χ3v) is 5.91. The Morgan fingerprint density at radius 2 is 1.32 bits per heavy atom. The number of benzene rings is 2. The average molecular weight is 461 g/mol. The first-order valence-corrected chi connectivity index (χ1v) is 12.0. The highest BCUT2D eigenvalue weighted by molar-refractivity contribution is 6.49. The average Bonchev–Trinajstić information content (AvgIpc) is 2.79. The number of aliphatic hydroxyl groups excluding tert-OH is 1. The zero-order chi connectivity index (χ0) is 24.8. The van der Waals surface area contributed by atoms with Gasteiger partial charge in [-0.3, -0.25) is 4.79 Å². The first-order chi connectivity index (χ1) is 16.2. The van der Waals surface area contributed by atoms with E-state index in [1.807, 2.05) is 36.4 Å². The van der Waals surface area contributed by atoms with Gasteiger partial charge in [0.05, 0.1) is 11.4 Å². The van der Waals surface area contributed by atoms with Crippen LogP contribution in [0.5, 0.6) is 0 Å². The van der Waals surface area contributed by atoms with Crippen molar-refractivity contribution < 1.29 is 9.90 Å². The van der Waals surface area contributed by atoms with E-state index in [-0.39, 0.29) is 17.3 Å². The van der Waals surface area contributed by atoms with Gasteiger partial charge in [0.25, 0.3) is 0 Å². The van der Waals surface area contributed by atoms with Crippen molar-refractivity contribution in [3.8, 4) is 0 Å². The van der Waals surface area contributed by atoms with E-state index >= 15 is 0 Å². The van der Waals surface area contributed by atoms with Crippen LogP contribution in [-0.2, 0) is 4.79 Å². The second kappa shape index (κ2) is 11.1. The van der Waals surface area contributed by atoms with Crippen molar-refractivity contribution in [1.82, 2.24) is 0 Å². The second-order valence-electron chi connectivity index (χ2n) is 8.90. The Morgan fingerprint density at radius 1 is 0.824 bits per heavy atom. The largest absolute Gasteiger partial charge is 0.506 e. The number of carbonyl (C=O) groups is 1. The zero-order valence-electron chi connectivity index (χ0n) is 21.0. The first-order valence-electron chi connectivity index (χ1n) is 12.0. The lowest BCUT2D eigenvalue weighted by Crippen LogP contribution is -2.30. The third kappa shape index (κ3) is 5.87. The van der Waals surface area contributed by atoms with E-state index < -0.39 is 0 Å². The number of hydrogen-bond donors (Lipinski definition) is 2. The number of aliphatic hydroxyl groups is 1. The van der Waals surface area contributed by atoms with E-state index in [1.165, 1.54) is 6.08 Å². The monoisotopic (exact) mass is 460 g/mol. The fraction of sp³-hybridized carbons (Fsp3) is 0.357. The standard InChI is InChI=1S/C28H36N4O2/c1-7-31(19(3)4)23-13-9-21(10-14-23)29-25-17-26(28(34)18-27(25)33)30-22-11-15-24(16-12-22)32(8-2)20(5)6/h9-20,29,33H,7-8H2,1-6H3. The number of allylic oxidation sites excluding steroid dienone is 2. The number of hydrogen-bond acceptors (Lipinski definition) is 6. The Kier molecular flexibility index (Phi) is 8.16. The molecule has 6 nitrogen and oxygen atoms in total. The predicted molar refractivity (Wildman–Crippen MR) is 144 cm³/mol. The highest BCUT2D eigenvalue weighted by Crippen LogP contribution is 2.25. The summed E-state index contributed by atoms with van der Waals surface area (Å²) in [6.07, 6.45) is 2.80. The van der Waals surface area contributed by atoms with E-state index in [0.717, 1.165) is 30.2 Å². The molecule has 0 saturated heterocycles. The number of nitrogens with zero attached hydrogens (tertiary/aromatic N) is 3. The van der Waals surface area contributed by atoms with Crippen LogP contribution in [0.25, 0.3) is 0 Å². The lowest BCUT2D eigenvalue weighted by molar-refractivity contribution is -0.109. The summed E-state index contributed by atoms with van der Waals surface area (Å²) in [7, 11) is 0. The Morgan fingerprint density at radius 3 is 1.79 bits per heavy atom. The van der Waals surface area contributed by atoms with Crippen LogP contribution < -0.4 is 15.1 Å². The molecule has 3 rings (SSSR count). The molecule has 34 heavy (non-hydrogen) atoms. The van der Waals surface area contributed by atoms with Gasteiger partial charge in [-0.15, -0.1) is 0 Å². The highest BCUT2D eigenvalue weighted by atomic mass is 16.3. The number of anilines is 3. The van der Waals surface area contributed by atoms with Gasteiger partial charge >= 0.3 is 0 Å². The molecule has 0 unspecified atom stereocenters. The molecule has 2 N–H and O–H groups in total. The van der Waals surface area contributed by atoms with Crippen LogP contribution in [0.15, 0.2) is 77.1 Å². The number of aliphatic imine (C=N–C) groups is 1. The quantitative estimate of drug-likeness (QED) is 0.433. The normalized spacial score (nSPS) is 14.9. The molecule has 0 amide bonds. The molecule has 0 aliphatic heterocycles. The Hall–Kier alpha value is -3.54. The molecular weight excluding hydrogens is 424 g/mol. The van der Waals surface area contributed by atoms with Gasteiger partial charge in [-0.1, -0.05) is 0 Å². The molecule has 0 aromatic heterocycles. The molecule has 0 spiro atoms. The topological polar surface area (TPSA) is 68.2 Å². The summed E-state index contributed by atoms with van der Waals surface area (Å²) < 4.78 is 0. The molecule has 1 aliphatic carbocycles. The number of carbonyl (C=O) groups excluding carboxylic acids is 1. The predicted octanol–water partition coefficient (Wildman–Crippen LogP) is 6.25. The molecule has 1 aliphatic rings. The van der Waals surface area contributed by atoms with Crippen LogP contribution in [0.2, 0.25) is 0 Å². The molecule has 6 heteroatoms. The minimum Gasteiger partial charge on any atom is -0.506 e. The first kappa shape index (κ1) is 25.1. The SMILES string of the molecule is CCN(c1ccc(N=C2C=C(Nc3ccc(N(CC)C(C)C)cc3)C(O)=CC2=O)cc1)C(C)C. The van der Waals surface area contributed by atoms with Crippen molar-refractivity contribution in [3.05, 3.63) is 72.1 Å². The van der Waals surface area contributed by atoms with Crippen molar-refractivity contribution in [3.63, 3.8) is 0 Å². The Bertz CT molecular complexity index is 1080. The minimum absolute atomic E-state index is 0.101. The van der Waals surface area contributed by atoms with Crippen molar-refractivity contribution in [2.75, 3.05) is 28.2 Å². The van der Waals surface area contributed by atoms with Crippen molar-refractivity contribution in [2.24, 2.45) is 4.99 Å². The van der Waals surface area contributed by atoms with Crippen LogP contribution >= 0.6 is 0 Å². The van der Waals surface area contributed by atoms with E-state index in [0.29, 0.717) is 23.5 Å². The summed E-state index contributed by atoms with van der Waals surface area (Å²) in [4.78, 5) is 21.6. The summed E-state index contributed by atoms with van der Waals surface area (Å²) >= 11 is 0. The lowest BCUT2D eigenvalue weighted by Gasteiger charge is -2.27. The lowest BCUT2D eigenvalue weighted by atomic mass is 10.1. The molecule has 0 bridgehead atoms. The highest BCUT2D eigenvalue weighted by Gasteiger charge is 2.19. The van der Waals surface area contributed by atoms with Crippen molar-refractivity contribution in [1.29, 1.82) is 0 Å². The van der Waals surface area contributed by atoms with Gasteiger partial charge in [0, 0.05) is 48.3 Å². The van der Waals surface area contributed by atoms with Gasteiger partial charge in [0.2, 0.25) is 5.78 Å². The summed E-state index contributed by atoms with van der Waals surface area (Å²) in [5, 5.41) is 13.6. The van der Waals surface area contributed by atoms with Gasteiger partial charge in [0.1, 0.15) is 11.5 Å². The maximum Gasteiger partial charge on any atom is 0.208 e. The summed E-state index contributed by atoms with van der Waals surface area (Å²) in [6, 6.07) is 16.7. The van der Waals surface area contributed by atoms with Gasteiger partial charge in [-0.25, -0.2) is 4.99 Å². The molecule has 2 aromatic carbocycles. The summed E-state index contributed by atoms with van der Waals surface area (Å²) in [5.74, 6) is -0.424. The summed E-state index contributed by atoms with van der Waals surface area (Å²) in [5.41, 5.74) is 4.49. The van der Waals surface area contributed by atoms with E-state index in [1.54, 1.807) is 6.08 Å². The van der Waals surface area contributed by atoms with Crippen molar-refractivity contribution in [2.45, 2.75) is 53.6 Å². The molecule has 0 heterocycles. The fourth-order valence-electron chi connectivity index (χ4n) is 4.19. The maximum absolute atomic E-state index is 12.5. The smallest absolute Gasteiger partial charge is 0.208 e. The van der Waals surface area contributed by atoms with Gasteiger partial charge in [0.15, 0.2) is 0 Å². The van der Waals surface area contributed by atoms with Crippen LogP contribution in [0.1, 0.15) is 41.5 Å². The Labute approximate surface area is 203 Å². The molecule has 0 radical (unpaired) electrons. The molecule has 180 valence electrons. The Balaban J connectivity index is 1.80. The molecule has 0 atom stereocenters. The van der Waals surface area contributed by atoms with Gasteiger partial charge < -0.3 is 20.2 Å². The minimum atomic E-state index is -0.324. The van der Waals surface area contributed by atoms with Crippen molar-refractivity contribution >= 4 is 34.2 Å². The van der Waals surface area contributed by atoms with Crippen LogP contribution in [0, 0.1) is 0 Å². The van der Waals surface area contributed by atoms with Gasteiger partial charge in [-0.05, 0) is 96.1 Å². The second-order valence-corrected chi connectivity index (χ2v) is 8.90. The number of ketones is 1. The van der Waals surface area contributed by atoms with E-state index in [2.05, 4.69) is 73.8 Å². The zero-order valence-corrected chi connectivity index (χ0v) is 21.0. The van der Waals surface area contributed by atoms with E-state index in [9.17, 15) is 9.90 Å². The molecule has 0 fully saturated rings. The van der Waals surface area contributed by atoms with Crippen LogP contribution in [-0.4, -0.2) is 41.8 Å². The number of rotatable bonds is 9.